The molecule has 1 aromatic rings. The zero-order chi connectivity index (χ0) is 20.1. The maximum Gasteiger partial charge on any atom is 0.326 e. The fourth-order valence-electron chi connectivity index (χ4n) is 2.23. The molecule has 0 unspecified atom stereocenters. The fraction of sp³-hybridized carbons (Fsp3) is 0.312. The number of nitro benzene ring substituents is 1. The fourth-order valence-corrected chi connectivity index (χ4v) is 3.06. The zero-order valence-corrected chi connectivity index (χ0v) is 15.3. The van der Waals surface area contributed by atoms with Crippen molar-refractivity contribution >= 4 is 40.6 Å². The molecule has 1 heterocycles. The van der Waals surface area contributed by atoms with Crippen molar-refractivity contribution in [2.45, 2.75) is 13.8 Å². The highest BCUT2D eigenvalue weighted by atomic mass is 32.2. The number of nitrogens with zero attached hydrogens (tertiary/aromatic N) is 2. The summed E-state index contributed by atoms with van der Waals surface area (Å²) in [7, 11) is 0. The van der Waals surface area contributed by atoms with Crippen LogP contribution in [-0.4, -0.2) is 51.8 Å². The summed E-state index contributed by atoms with van der Waals surface area (Å²) in [5, 5.41) is 20.3. The van der Waals surface area contributed by atoms with Gasteiger partial charge in [0.05, 0.1) is 23.0 Å². The summed E-state index contributed by atoms with van der Waals surface area (Å²) in [5.41, 5.74) is -0.414. The first kappa shape index (κ1) is 20.2. The Hall–Kier alpha value is -3.08. The number of phenols is 1. The normalized spacial score (nSPS) is 15.3. The molecule has 1 N–H and O–H groups in total. The first-order valence-electron chi connectivity index (χ1n) is 7.83. The van der Waals surface area contributed by atoms with Crippen molar-refractivity contribution in [3.8, 4) is 11.5 Å². The highest BCUT2D eigenvalue weighted by Gasteiger charge is 2.36. The van der Waals surface area contributed by atoms with E-state index in [2.05, 4.69) is 0 Å². The second-order valence-electron chi connectivity index (χ2n) is 5.15. The predicted molar refractivity (Wildman–Crippen MR) is 95.2 cm³/mol. The van der Waals surface area contributed by atoms with Crippen LogP contribution < -0.4 is 4.74 Å². The maximum absolute atomic E-state index is 12.4. The van der Waals surface area contributed by atoms with Crippen LogP contribution in [0.1, 0.15) is 19.4 Å². The minimum absolute atomic E-state index is 0.0215. The average molecular weight is 396 g/mol. The second-order valence-corrected chi connectivity index (χ2v) is 6.14. The number of benzene rings is 1. The number of esters is 1. The highest BCUT2D eigenvalue weighted by molar-refractivity contribution is 8.18. The van der Waals surface area contributed by atoms with E-state index in [1.807, 2.05) is 0 Å². The molecular formula is C16H16N2O8S. The summed E-state index contributed by atoms with van der Waals surface area (Å²) < 4.78 is 9.89. The Kier molecular flexibility index (Phi) is 6.40. The number of hydrogen-bond acceptors (Lipinski definition) is 9. The number of hydrogen-bond donors (Lipinski definition) is 1. The van der Waals surface area contributed by atoms with E-state index < -0.39 is 40.0 Å². The zero-order valence-electron chi connectivity index (χ0n) is 14.5. The molecule has 11 heteroatoms. The third-order valence-electron chi connectivity index (χ3n) is 3.34. The van der Waals surface area contributed by atoms with E-state index in [0.29, 0.717) is 11.8 Å². The van der Waals surface area contributed by atoms with Gasteiger partial charge in [0.15, 0.2) is 5.75 Å². The molecule has 1 aliphatic heterocycles. The molecule has 0 saturated carbocycles. The van der Waals surface area contributed by atoms with E-state index in [9.17, 15) is 29.6 Å². The van der Waals surface area contributed by atoms with Gasteiger partial charge < -0.3 is 14.6 Å². The Morgan fingerprint density at radius 2 is 2.04 bits per heavy atom. The van der Waals surface area contributed by atoms with Crippen molar-refractivity contribution in [3.63, 3.8) is 0 Å². The Bertz CT molecular complexity index is 836. The van der Waals surface area contributed by atoms with E-state index in [1.165, 1.54) is 12.1 Å². The van der Waals surface area contributed by atoms with Gasteiger partial charge in [0.1, 0.15) is 6.54 Å². The molecule has 1 fully saturated rings. The van der Waals surface area contributed by atoms with Crippen LogP contribution in [0.25, 0.3) is 6.08 Å². The van der Waals surface area contributed by atoms with Crippen LogP contribution in [0.4, 0.5) is 10.5 Å². The maximum atomic E-state index is 12.4. The number of amides is 2. The van der Waals surface area contributed by atoms with Crippen molar-refractivity contribution in [3.05, 3.63) is 32.7 Å². The van der Waals surface area contributed by atoms with Crippen LogP contribution in [0.3, 0.4) is 0 Å². The van der Waals surface area contributed by atoms with Crippen LogP contribution in [0.5, 0.6) is 11.5 Å². The molecule has 2 amide bonds. The molecule has 0 radical (unpaired) electrons. The number of thioether (sulfide) groups is 1. The van der Waals surface area contributed by atoms with Crippen molar-refractivity contribution in [1.82, 2.24) is 4.90 Å². The molecule has 144 valence electrons. The van der Waals surface area contributed by atoms with Crippen LogP contribution >= 0.6 is 11.8 Å². The van der Waals surface area contributed by atoms with Crippen LogP contribution in [0, 0.1) is 10.1 Å². The molecule has 2 rings (SSSR count). The van der Waals surface area contributed by atoms with Crippen LogP contribution in [-0.2, 0) is 14.3 Å². The van der Waals surface area contributed by atoms with Gasteiger partial charge in [-0.1, -0.05) is 0 Å². The third kappa shape index (κ3) is 4.56. The van der Waals surface area contributed by atoms with Crippen molar-refractivity contribution in [2.24, 2.45) is 0 Å². The molecule has 0 aromatic heterocycles. The number of rotatable bonds is 7. The van der Waals surface area contributed by atoms with E-state index in [0.717, 1.165) is 11.0 Å². The molecular weight excluding hydrogens is 380 g/mol. The third-order valence-corrected chi connectivity index (χ3v) is 4.24. The van der Waals surface area contributed by atoms with E-state index in [4.69, 9.17) is 9.47 Å². The number of phenolic OH excluding ortho intramolecular Hbond substituents is 1. The van der Waals surface area contributed by atoms with E-state index in [-0.39, 0.29) is 29.4 Å². The predicted octanol–water partition coefficient (Wildman–Crippen LogP) is 2.30. The first-order chi connectivity index (χ1) is 12.8. The Morgan fingerprint density at radius 1 is 1.33 bits per heavy atom. The molecule has 1 aliphatic rings. The lowest BCUT2D eigenvalue weighted by molar-refractivity contribution is -0.386. The minimum atomic E-state index is -0.790. The minimum Gasteiger partial charge on any atom is -0.500 e. The van der Waals surface area contributed by atoms with Crippen LogP contribution in [0.15, 0.2) is 17.0 Å². The van der Waals surface area contributed by atoms with E-state index >= 15 is 0 Å². The lowest BCUT2D eigenvalue weighted by Crippen LogP contribution is -2.34. The lowest BCUT2D eigenvalue weighted by atomic mass is 10.1. The topological polar surface area (TPSA) is 136 Å². The molecule has 1 saturated heterocycles. The SMILES string of the molecule is CCOC(=O)CN1C(=O)S/C(=C\c2cc(OCC)c(O)c([N+](=O)[O-])c2)C1=O. The van der Waals surface area contributed by atoms with E-state index in [1.54, 1.807) is 13.8 Å². The first-order valence-corrected chi connectivity index (χ1v) is 8.65. The summed E-state index contributed by atoms with van der Waals surface area (Å²) >= 11 is 0.592. The van der Waals surface area contributed by atoms with Gasteiger partial charge in [-0.2, -0.15) is 0 Å². The summed E-state index contributed by atoms with van der Waals surface area (Å²) in [6.45, 7) is 2.99. The number of carbonyl (C=O) groups excluding carboxylic acids is 3. The second kappa shape index (κ2) is 8.54. The van der Waals surface area contributed by atoms with Crippen molar-refractivity contribution < 1.29 is 33.9 Å². The monoisotopic (exact) mass is 396 g/mol. The Balaban J connectivity index is 2.35. The smallest absolute Gasteiger partial charge is 0.326 e. The summed E-state index contributed by atoms with van der Waals surface area (Å²) in [5.74, 6) is -2.19. The van der Waals surface area contributed by atoms with Gasteiger partial charge in [-0.3, -0.25) is 29.4 Å². The van der Waals surface area contributed by atoms with Gasteiger partial charge in [-0.15, -0.1) is 0 Å². The Morgan fingerprint density at radius 3 is 2.63 bits per heavy atom. The van der Waals surface area contributed by atoms with Crippen molar-refractivity contribution in [1.29, 1.82) is 0 Å². The number of nitro groups is 1. The molecule has 0 aliphatic carbocycles. The molecule has 27 heavy (non-hydrogen) atoms. The number of carbonyl (C=O) groups is 3. The van der Waals surface area contributed by atoms with Gasteiger partial charge in [-0.25, -0.2) is 0 Å². The average Bonchev–Trinajstić information content (AvgIpc) is 2.85. The summed E-state index contributed by atoms with van der Waals surface area (Å²) in [4.78, 5) is 46.9. The van der Waals surface area contributed by atoms with Crippen LogP contribution in [0.2, 0.25) is 0 Å². The van der Waals surface area contributed by atoms with Gasteiger partial charge in [-0.05, 0) is 43.3 Å². The number of ether oxygens (including phenoxy) is 2. The molecule has 1 aromatic carbocycles. The lowest BCUT2D eigenvalue weighted by Gasteiger charge is -2.10. The summed E-state index contributed by atoms with van der Waals surface area (Å²) in [6, 6.07) is 2.36. The Labute approximate surface area is 157 Å². The van der Waals surface area contributed by atoms with Crippen molar-refractivity contribution in [2.75, 3.05) is 19.8 Å². The number of imide groups is 1. The quantitative estimate of drug-likeness (QED) is 0.318. The standard InChI is InChI=1S/C16H16N2O8S/c1-3-25-11-6-9(5-10(14(11)20)18(23)24)7-12-15(21)17(16(22)27-12)8-13(19)26-4-2/h5-7,20H,3-4,8H2,1-2H3/b12-7-. The highest BCUT2D eigenvalue weighted by Crippen LogP contribution is 2.39. The molecule has 0 atom stereocenters. The largest absolute Gasteiger partial charge is 0.500 e. The molecule has 10 nitrogen and oxygen atoms in total. The number of aromatic hydroxyl groups is 1. The van der Waals surface area contributed by atoms with Gasteiger partial charge in [0.2, 0.25) is 5.75 Å². The molecule has 0 spiro atoms. The summed E-state index contributed by atoms with van der Waals surface area (Å²) in [6.07, 6.45) is 1.25. The van der Waals surface area contributed by atoms with Gasteiger partial charge >= 0.3 is 11.7 Å². The molecule has 0 bridgehead atoms. The van der Waals surface area contributed by atoms with Gasteiger partial charge in [0.25, 0.3) is 11.1 Å². The van der Waals surface area contributed by atoms with Gasteiger partial charge in [0, 0.05) is 6.07 Å².